The molecule has 1 heterocycles. The first-order valence-electron chi connectivity index (χ1n) is 6.48. The van der Waals surface area contributed by atoms with Crippen LogP contribution in [0.25, 0.3) is 0 Å². The monoisotopic (exact) mass is 308 g/mol. The van der Waals surface area contributed by atoms with E-state index < -0.39 is 9.05 Å². The SMILES string of the molecule is CCCn1cc(OCCC(C)CCS(=O)(=O)Cl)cn1. The van der Waals surface area contributed by atoms with Gasteiger partial charge < -0.3 is 4.74 Å². The van der Waals surface area contributed by atoms with E-state index in [1.54, 1.807) is 6.20 Å². The molecule has 0 spiro atoms. The summed E-state index contributed by atoms with van der Waals surface area (Å²) in [7, 11) is 1.79. The summed E-state index contributed by atoms with van der Waals surface area (Å²) in [5.74, 6) is 1.04. The lowest BCUT2D eigenvalue weighted by atomic mass is 10.1. The molecule has 0 saturated heterocycles. The molecular formula is C12H21ClN2O3S. The highest BCUT2D eigenvalue weighted by molar-refractivity contribution is 8.13. The van der Waals surface area contributed by atoms with Gasteiger partial charge in [-0.3, -0.25) is 4.68 Å². The van der Waals surface area contributed by atoms with Gasteiger partial charge >= 0.3 is 0 Å². The van der Waals surface area contributed by atoms with Gasteiger partial charge in [-0.05, 0) is 25.2 Å². The third-order valence-electron chi connectivity index (χ3n) is 2.80. The van der Waals surface area contributed by atoms with Crippen molar-refractivity contribution in [2.45, 2.75) is 39.7 Å². The van der Waals surface area contributed by atoms with Crippen LogP contribution in [-0.4, -0.2) is 30.6 Å². The first kappa shape index (κ1) is 16.3. The van der Waals surface area contributed by atoms with E-state index in [2.05, 4.69) is 12.0 Å². The van der Waals surface area contributed by atoms with E-state index in [-0.39, 0.29) is 11.7 Å². The van der Waals surface area contributed by atoms with Crippen LogP contribution in [0.15, 0.2) is 12.4 Å². The topological polar surface area (TPSA) is 61.2 Å². The second-order valence-corrected chi connectivity index (χ2v) is 7.61. The molecule has 0 fully saturated rings. The Bertz CT molecular complexity index is 473. The molecule has 1 unspecified atom stereocenters. The van der Waals surface area contributed by atoms with Crippen LogP contribution in [0.4, 0.5) is 0 Å². The fourth-order valence-corrected chi connectivity index (χ4v) is 2.59. The summed E-state index contributed by atoms with van der Waals surface area (Å²) in [6.07, 6.45) is 5.96. The standard InChI is InChI=1S/C12H21ClN2O3S/c1-3-6-15-10-12(9-14-15)18-7-4-11(2)5-8-19(13,16)17/h9-11H,3-8H2,1-2H3. The molecule has 110 valence electrons. The van der Waals surface area contributed by atoms with Gasteiger partial charge in [0.15, 0.2) is 5.75 Å². The van der Waals surface area contributed by atoms with Crippen molar-refractivity contribution < 1.29 is 13.2 Å². The highest BCUT2D eigenvalue weighted by Crippen LogP contribution is 2.14. The summed E-state index contributed by atoms with van der Waals surface area (Å²) in [6, 6.07) is 0. The zero-order valence-electron chi connectivity index (χ0n) is 11.4. The molecule has 0 aliphatic rings. The summed E-state index contributed by atoms with van der Waals surface area (Å²) in [5, 5.41) is 4.17. The zero-order chi connectivity index (χ0) is 14.3. The molecule has 0 bridgehead atoms. The summed E-state index contributed by atoms with van der Waals surface area (Å²) in [5.41, 5.74) is 0. The van der Waals surface area contributed by atoms with Crippen LogP contribution >= 0.6 is 10.7 Å². The second kappa shape index (κ2) is 7.75. The molecule has 19 heavy (non-hydrogen) atoms. The van der Waals surface area contributed by atoms with Gasteiger partial charge in [0.1, 0.15) is 0 Å². The van der Waals surface area contributed by atoms with Gasteiger partial charge in [-0.15, -0.1) is 0 Å². The normalized spacial score (nSPS) is 13.4. The molecule has 0 N–H and O–H groups in total. The van der Waals surface area contributed by atoms with E-state index in [9.17, 15) is 8.42 Å². The van der Waals surface area contributed by atoms with E-state index in [1.807, 2.05) is 17.8 Å². The largest absolute Gasteiger partial charge is 0.490 e. The molecule has 0 radical (unpaired) electrons. The van der Waals surface area contributed by atoms with Crippen LogP contribution in [0.1, 0.15) is 33.1 Å². The number of halogens is 1. The lowest BCUT2D eigenvalue weighted by Gasteiger charge is -2.10. The van der Waals surface area contributed by atoms with Crippen molar-refractivity contribution in [2.24, 2.45) is 5.92 Å². The minimum absolute atomic E-state index is 0.0180. The molecule has 0 aliphatic carbocycles. The summed E-state index contributed by atoms with van der Waals surface area (Å²) < 4.78 is 29.1. The number of aromatic nitrogens is 2. The Balaban J connectivity index is 2.21. The van der Waals surface area contributed by atoms with Crippen molar-refractivity contribution in [3.8, 4) is 5.75 Å². The van der Waals surface area contributed by atoms with Crippen LogP contribution in [0.5, 0.6) is 5.75 Å². The molecule has 1 aromatic rings. The minimum Gasteiger partial charge on any atom is -0.490 e. The van der Waals surface area contributed by atoms with Crippen molar-refractivity contribution in [3.63, 3.8) is 0 Å². The van der Waals surface area contributed by atoms with Gasteiger partial charge in [0.2, 0.25) is 9.05 Å². The fraction of sp³-hybridized carbons (Fsp3) is 0.750. The number of rotatable bonds is 9. The Labute approximate surface area is 119 Å². The molecule has 5 nitrogen and oxygen atoms in total. The highest BCUT2D eigenvalue weighted by Gasteiger charge is 2.10. The fourth-order valence-electron chi connectivity index (χ4n) is 1.63. The van der Waals surface area contributed by atoms with Crippen LogP contribution < -0.4 is 4.74 Å². The summed E-state index contributed by atoms with van der Waals surface area (Å²) in [4.78, 5) is 0. The van der Waals surface area contributed by atoms with Crippen LogP contribution in [-0.2, 0) is 15.6 Å². The van der Waals surface area contributed by atoms with Gasteiger partial charge in [-0.2, -0.15) is 5.10 Å². The maximum Gasteiger partial charge on any atom is 0.232 e. The zero-order valence-corrected chi connectivity index (χ0v) is 13.0. The highest BCUT2D eigenvalue weighted by atomic mass is 35.7. The molecule has 1 aromatic heterocycles. The summed E-state index contributed by atoms with van der Waals surface area (Å²) >= 11 is 0. The Hall–Kier alpha value is -0.750. The Morgan fingerprint density at radius 2 is 2.21 bits per heavy atom. The van der Waals surface area contributed by atoms with Gasteiger partial charge in [-0.1, -0.05) is 13.8 Å². The lowest BCUT2D eigenvalue weighted by Crippen LogP contribution is -2.08. The Morgan fingerprint density at radius 3 is 2.84 bits per heavy atom. The Kier molecular flexibility index (Phi) is 6.65. The number of hydrogen-bond acceptors (Lipinski definition) is 4. The van der Waals surface area contributed by atoms with Crippen molar-refractivity contribution in [1.82, 2.24) is 9.78 Å². The van der Waals surface area contributed by atoms with Crippen molar-refractivity contribution in [1.29, 1.82) is 0 Å². The van der Waals surface area contributed by atoms with E-state index in [4.69, 9.17) is 15.4 Å². The second-order valence-electron chi connectivity index (χ2n) is 4.71. The first-order chi connectivity index (χ1) is 8.90. The maximum atomic E-state index is 10.8. The van der Waals surface area contributed by atoms with E-state index in [1.165, 1.54) is 0 Å². The number of ether oxygens (including phenoxy) is 1. The van der Waals surface area contributed by atoms with Crippen LogP contribution in [0.2, 0.25) is 0 Å². The van der Waals surface area contributed by atoms with Crippen LogP contribution in [0.3, 0.4) is 0 Å². The maximum absolute atomic E-state index is 10.8. The van der Waals surface area contributed by atoms with Crippen molar-refractivity contribution in [2.75, 3.05) is 12.4 Å². The number of hydrogen-bond donors (Lipinski definition) is 0. The average molecular weight is 309 g/mol. The molecule has 1 atom stereocenters. The molecule has 0 aliphatic heterocycles. The first-order valence-corrected chi connectivity index (χ1v) is 8.96. The predicted octanol–water partition coefficient (Wildman–Crippen LogP) is 2.66. The molecular weight excluding hydrogens is 288 g/mol. The van der Waals surface area contributed by atoms with Crippen molar-refractivity contribution in [3.05, 3.63) is 12.4 Å². The van der Waals surface area contributed by atoms with Gasteiger partial charge in [0.25, 0.3) is 0 Å². The third kappa shape index (κ3) is 7.42. The van der Waals surface area contributed by atoms with Gasteiger partial charge in [0, 0.05) is 17.2 Å². The minimum atomic E-state index is -3.38. The Morgan fingerprint density at radius 1 is 1.47 bits per heavy atom. The summed E-state index contributed by atoms with van der Waals surface area (Å²) in [6.45, 7) is 5.52. The average Bonchev–Trinajstić information content (AvgIpc) is 2.74. The van der Waals surface area contributed by atoms with E-state index in [0.717, 1.165) is 25.1 Å². The van der Waals surface area contributed by atoms with Gasteiger partial charge in [-0.25, -0.2) is 8.42 Å². The quantitative estimate of drug-likeness (QED) is 0.658. The van der Waals surface area contributed by atoms with E-state index >= 15 is 0 Å². The smallest absolute Gasteiger partial charge is 0.232 e. The van der Waals surface area contributed by atoms with Gasteiger partial charge in [0.05, 0.1) is 24.8 Å². The number of aryl methyl sites for hydroxylation is 1. The molecule has 0 saturated carbocycles. The lowest BCUT2D eigenvalue weighted by molar-refractivity contribution is 0.281. The number of nitrogens with zero attached hydrogens (tertiary/aromatic N) is 2. The third-order valence-corrected chi connectivity index (χ3v) is 3.98. The van der Waals surface area contributed by atoms with Crippen molar-refractivity contribution >= 4 is 19.7 Å². The molecule has 7 heteroatoms. The molecule has 1 rings (SSSR count). The van der Waals surface area contributed by atoms with Crippen LogP contribution in [0, 0.1) is 5.92 Å². The van der Waals surface area contributed by atoms with E-state index in [0.29, 0.717) is 13.0 Å². The molecule has 0 aromatic carbocycles. The molecule has 0 amide bonds. The predicted molar refractivity (Wildman–Crippen MR) is 76.1 cm³/mol.